The molecule has 3 rings (SSSR count). The fraction of sp³-hybridized carbons (Fsp3) is 0.167. The molecule has 0 aliphatic carbocycles. The smallest absolute Gasteiger partial charge is 0.259 e. The van der Waals surface area contributed by atoms with Gasteiger partial charge in [-0.1, -0.05) is 24.6 Å². The molecular formula is C18H15ClN4OS. The summed E-state index contributed by atoms with van der Waals surface area (Å²) in [6.07, 6.45) is 2.34. The van der Waals surface area contributed by atoms with Gasteiger partial charge in [0.25, 0.3) is 5.91 Å². The van der Waals surface area contributed by atoms with Gasteiger partial charge in [0.2, 0.25) is 0 Å². The van der Waals surface area contributed by atoms with Crippen LogP contribution in [0.5, 0.6) is 0 Å². The molecule has 0 saturated heterocycles. The van der Waals surface area contributed by atoms with Crippen molar-refractivity contribution in [3.8, 4) is 11.8 Å². The van der Waals surface area contributed by atoms with Crippen LogP contribution < -0.4 is 5.32 Å². The van der Waals surface area contributed by atoms with Crippen molar-refractivity contribution in [2.24, 2.45) is 0 Å². The number of amides is 1. The van der Waals surface area contributed by atoms with Crippen LogP contribution in [0.15, 0.2) is 36.5 Å². The number of nitriles is 1. The zero-order chi connectivity index (χ0) is 18.0. The maximum Gasteiger partial charge on any atom is 0.259 e. The predicted molar refractivity (Wildman–Crippen MR) is 99.7 cm³/mol. The molecule has 0 bridgehead atoms. The van der Waals surface area contributed by atoms with E-state index in [1.807, 2.05) is 32.0 Å². The zero-order valence-corrected chi connectivity index (χ0v) is 15.3. The number of halogens is 1. The average molecular weight is 371 g/mol. The van der Waals surface area contributed by atoms with Crippen molar-refractivity contribution in [2.45, 2.75) is 20.3 Å². The summed E-state index contributed by atoms with van der Waals surface area (Å²) in [6.45, 7) is 3.83. The summed E-state index contributed by atoms with van der Waals surface area (Å²) in [5.74, 6) is -0.285. The molecule has 0 aliphatic heterocycles. The van der Waals surface area contributed by atoms with Crippen molar-refractivity contribution in [3.63, 3.8) is 0 Å². The average Bonchev–Trinajstić information content (AvgIpc) is 3.17. The normalized spacial score (nSPS) is 10.5. The number of aryl methyl sites for hydroxylation is 1. The first-order valence-electron chi connectivity index (χ1n) is 7.68. The van der Waals surface area contributed by atoms with E-state index in [9.17, 15) is 10.1 Å². The Morgan fingerprint density at radius 2 is 2.24 bits per heavy atom. The number of hydrogen-bond donors (Lipinski definition) is 1. The van der Waals surface area contributed by atoms with Crippen LogP contribution in [0.3, 0.4) is 0 Å². The molecular weight excluding hydrogens is 356 g/mol. The van der Waals surface area contributed by atoms with Gasteiger partial charge in [0.1, 0.15) is 11.1 Å². The molecule has 0 aliphatic rings. The van der Waals surface area contributed by atoms with Gasteiger partial charge in [0.15, 0.2) is 0 Å². The van der Waals surface area contributed by atoms with Crippen LogP contribution in [0.1, 0.15) is 33.4 Å². The highest BCUT2D eigenvalue weighted by molar-refractivity contribution is 7.16. The van der Waals surface area contributed by atoms with Crippen LogP contribution in [0.2, 0.25) is 5.02 Å². The van der Waals surface area contributed by atoms with Crippen molar-refractivity contribution < 1.29 is 4.79 Å². The van der Waals surface area contributed by atoms with Crippen LogP contribution >= 0.6 is 22.9 Å². The van der Waals surface area contributed by atoms with Crippen LogP contribution in [-0.2, 0) is 6.42 Å². The Labute approximate surface area is 154 Å². The monoisotopic (exact) mass is 370 g/mol. The van der Waals surface area contributed by atoms with Crippen molar-refractivity contribution in [2.75, 3.05) is 5.32 Å². The molecule has 7 heteroatoms. The molecule has 2 heterocycles. The van der Waals surface area contributed by atoms with E-state index in [0.717, 1.165) is 17.0 Å². The number of nitrogens with zero attached hydrogens (tertiary/aromatic N) is 3. The Morgan fingerprint density at radius 1 is 1.44 bits per heavy atom. The highest BCUT2D eigenvalue weighted by atomic mass is 35.5. The van der Waals surface area contributed by atoms with Crippen molar-refractivity contribution in [1.82, 2.24) is 9.78 Å². The molecule has 126 valence electrons. The van der Waals surface area contributed by atoms with Crippen LogP contribution in [0.4, 0.5) is 5.00 Å². The summed E-state index contributed by atoms with van der Waals surface area (Å²) in [7, 11) is 0. The minimum atomic E-state index is -0.285. The summed E-state index contributed by atoms with van der Waals surface area (Å²) in [5.41, 5.74) is 2.42. The largest absolute Gasteiger partial charge is 0.312 e. The number of aromatic nitrogens is 2. The first-order valence-corrected chi connectivity index (χ1v) is 8.87. The van der Waals surface area contributed by atoms with Crippen LogP contribution in [-0.4, -0.2) is 15.7 Å². The summed E-state index contributed by atoms with van der Waals surface area (Å²) in [4.78, 5) is 13.7. The Balaban J connectivity index is 1.89. The van der Waals surface area contributed by atoms with E-state index in [1.165, 1.54) is 17.5 Å². The summed E-state index contributed by atoms with van der Waals surface area (Å²) < 4.78 is 1.66. The lowest BCUT2D eigenvalue weighted by Crippen LogP contribution is -2.13. The topological polar surface area (TPSA) is 70.7 Å². The van der Waals surface area contributed by atoms with Gasteiger partial charge in [-0.2, -0.15) is 10.4 Å². The van der Waals surface area contributed by atoms with E-state index in [0.29, 0.717) is 26.8 Å². The first kappa shape index (κ1) is 17.2. The van der Waals surface area contributed by atoms with Crippen molar-refractivity contribution in [3.05, 3.63) is 63.2 Å². The summed E-state index contributed by atoms with van der Waals surface area (Å²) in [6, 6.07) is 11.2. The fourth-order valence-corrected chi connectivity index (χ4v) is 3.59. The molecule has 0 radical (unpaired) electrons. The van der Waals surface area contributed by atoms with Gasteiger partial charge >= 0.3 is 0 Å². The third kappa shape index (κ3) is 3.43. The second kappa shape index (κ2) is 7.09. The molecule has 0 spiro atoms. The SMILES string of the molecule is CCc1cc(C#N)c(NC(=O)c2cnn(-c3cccc(Cl)c3)c2C)s1. The first-order chi connectivity index (χ1) is 12.0. The highest BCUT2D eigenvalue weighted by Gasteiger charge is 2.18. The van der Waals surface area contributed by atoms with Crippen molar-refractivity contribution in [1.29, 1.82) is 5.26 Å². The Morgan fingerprint density at radius 3 is 2.92 bits per heavy atom. The molecule has 1 N–H and O–H groups in total. The van der Waals surface area contributed by atoms with Gasteiger partial charge in [0, 0.05) is 9.90 Å². The second-order valence-electron chi connectivity index (χ2n) is 5.41. The van der Waals surface area contributed by atoms with E-state index in [4.69, 9.17) is 11.6 Å². The van der Waals surface area contributed by atoms with E-state index in [2.05, 4.69) is 16.5 Å². The van der Waals surface area contributed by atoms with Crippen LogP contribution in [0.25, 0.3) is 5.69 Å². The molecule has 0 unspecified atom stereocenters. The zero-order valence-electron chi connectivity index (χ0n) is 13.7. The standard InChI is InChI=1S/C18H15ClN4OS/c1-3-15-7-12(9-20)18(25-15)22-17(24)16-10-21-23(11(16)2)14-6-4-5-13(19)8-14/h4-8,10H,3H2,1-2H3,(H,22,24). The number of rotatable bonds is 4. The Kier molecular flexibility index (Phi) is 4.88. The number of anilines is 1. The van der Waals surface area contributed by atoms with Crippen molar-refractivity contribution >= 4 is 33.8 Å². The van der Waals surface area contributed by atoms with Gasteiger partial charge < -0.3 is 5.32 Å². The van der Waals surface area contributed by atoms with Gasteiger partial charge in [-0.25, -0.2) is 4.68 Å². The number of benzene rings is 1. The number of carbonyl (C=O) groups is 1. The Hall–Kier alpha value is -2.62. The van der Waals surface area contributed by atoms with Gasteiger partial charge in [-0.05, 0) is 37.6 Å². The molecule has 0 saturated carbocycles. The van der Waals surface area contributed by atoms with Gasteiger partial charge in [0.05, 0.1) is 28.7 Å². The molecule has 25 heavy (non-hydrogen) atoms. The molecule has 2 aromatic heterocycles. The minimum Gasteiger partial charge on any atom is -0.312 e. The third-order valence-electron chi connectivity index (χ3n) is 3.79. The predicted octanol–water partition coefficient (Wildman–Crippen LogP) is 4.58. The minimum absolute atomic E-state index is 0.285. The maximum absolute atomic E-state index is 12.6. The molecule has 0 atom stereocenters. The molecule has 3 aromatic rings. The lowest BCUT2D eigenvalue weighted by atomic mass is 10.2. The second-order valence-corrected chi connectivity index (χ2v) is 6.98. The number of hydrogen-bond acceptors (Lipinski definition) is 4. The lowest BCUT2D eigenvalue weighted by molar-refractivity contribution is 0.102. The number of nitrogens with one attached hydrogen (secondary N) is 1. The summed E-state index contributed by atoms with van der Waals surface area (Å²) >= 11 is 7.44. The third-order valence-corrected chi connectivity index (χ3v) is 5.22. The van der Waals surface area contributed by atoms with Gasteiger partial charge in [-0.3, -0.25) is 4.79 Å². The fourth-order valence-electron chi connectivity index (χ4n) is 2.46. The van der Waals surface area contributed by atoms with E-state index in [-0.39, 0.29) is 5.91 Å². The molecule has 1 amide bonds. The molecule has 0 fully saturated rings. The van der Waals surface area contributed by atoms with E-state index in [1.54, 1.807) is 16.8 Å². The lowest BCUT2D eigenvalue weighted by Gasteiger charge is -2.06. The van der Waals surface area contributed by atoms with Crippen LogP contribution in [0, 0.1) is 18.3 Å². The highest BCUT2D eigenvalue weighted by Crippen LogP contribution is 2.28. The number of thiophene rings is 1. The summed E-state index contributed by atoms with van der Waals surface area (Å²) in [5, 5.41) is 17.5. The molecule has 5 nitrogen and oxygen atoms in total. The maximum atomic E-state index is 12.6. The number of carbonyl (C=O) groups excluding carboxylic acids is 1. The van der Waals surface area contributed by atoms with E-state index < -0.39 is 0 Å². The quantitative estimate of drug-likeness (QED) is 0.730. The Bertz CT molecular complexity index is 983. The molecule has 1 aromatic carbocycles. The van der Waals surface area contributed by atoms with Gasteiger partial charge in [-0.15, -0.1) is 11.3 Å². The van der Waals surface area contributed by atoms with E-state index >= 15 is 0 Å².